The zero-order valence-electron chi connectivity index (χ0n) is 13.8. The molecule has 1 aliphatic carbocycles. The summed E-state index contributed by atoms with van der Waals surface area (Å²) in [6.07, 6.45) is 6.17. The number of thiophene rings is 1. The predicted molar refractivity (Wildman–Crippen MR) is 97.3 cm³/mol. The van der Waals surface area contributed by atoms with Crippen LogP contribution in [-0.2, 0) is 28.9 Å². The van der Waals surface area contributed by atoms with Crippen LogP contribution < -0.4 is 5.32 Å². The summed E-state index contributed by atoms with van der Waals surface area (Å²) in [5, 5.41) is 11.9. The van der Waals surface area contributed by atoms with Crippen molar-refractivity contribution in [1.82, 2.24) is 14.8 Å². The van der Waals surface area contributed by atoms with Crippen molar-refractivity contribution >= 4 is 40.0 Å². The van der Waals surface area contributed by atoms with Crippen LogP contribution in [0.15, 0.2) is 24.1 Å². The molecule has 1 N–H and O–H groups in total. The highest BCUT2D eigenvalue weighted by Gasteiger charge is 2.28. The first kappa shape index (κ1) is 17.7. The lowest BCUT2D eigenvalue weighted by Gasteiger charge is -2.07. The van der Waals surface area contributed by atoms with Crippen LogP contribution in [0.3, 0.4) is 0 Å². The van der Waals surface area contributed by atoms with Gasteiger partial charge in [0.1, 0.15) is 11.3 Å². The summed E-state index contributed by atoms with van der Waals surface area (Å²) in [4.78, 5) is 25.6. The molecule has 0 atom stereocenters. The van der Waals surface area contributed by atoms with Crippen LogP contribution in [-0.4, -0.2) is 39.5 Å². The first-order valence-electron chi connectivity index (χ1n) is 7.78. The third-order valence-corrected chi connectivity index (χ3v) is 5.99. The number of thioether (sulfide) groups is 1. The minimum absolute atomic E-state index is 0.180. The molecule has 3 rings (SSSR count). The van der Waals surface area contributed by atoms with Crippen molar-refractivity contribution in [2.45, 2.75) is 31.0 Å². The number of fused-ring (bicyclic) bond motifs is 1. The Kier molecular flexibility index (Phi) is 5.54. The Hall–Kier alpha value is -2.13. The van der Waals surface area contributed by atoms with Gasteiger partial charge in [-0.25, -0.2) is 4.79 Å². The number of ether oxygens (including phenoxy) is 1. The lowest BCUT2D eigenvalue weighted by Crippen LogP contribution is -2.16. The zero-order chi connectivity index (χ0) is 17.8. The zero-order valence-corrected chi connectivity index (χ0v) is 15.4. The van der Waals surface area contributed by atoms with Gasteiger partial charge in [0, 0.05) is 11.4 Å². The van der Waals surface area contributed by atoms with Crippen molar-refractivity contribution in [2.24, 2.45) is 0 Å². The Morgan fingerprint density at radius 1 is 1.52 bits per heavy atom. The predicted octanol–water partition coefficient (Wildman–Crippen LogP) is 2.53. The van der Waals surface area contributed by atoms with Crippen molar-refractivity contribution in [3.05, 3.63) is 35.0 Å². The molecule has 2 aromatic rings. The van der Waals surface area contributed by atoms with Crippen molar-refractivity contribution in [1.29, 1.82) is 0 Å². The molecule has 0 radical (unpaired) electrons. The standard InChI is InChI=1S/C16H18N4O3S2/c1-3-7-20-9-17-19-16(20)24-8-12(21)18-14-13(15(22)23-2)10-5-4-6-11(10)25-14/h3,9H,1,4-8H2,2H3,(H,18,21). The Morgan fingerprint density at radius 3 is 3.12 bits per heavy atom. The van der Waals surface area contributed by atoms with E-state index in [1.807, 2.05) is 4.57 Å². The maximum Gasteiger partial charge on any atom is 0.341 e. The minimum Gasteiger partial charge on any atom is -0.465 e. The summed E-state index contributed by atoms with van der Waals surface area (Å²) in [6.45, 7) is 4.26. The number of hydrogen-bond acceptors (Lipinski definition) is 7. The SMILES string of the molecule is C=CCn1cnnc1SCC(=O)Nc1sc2c(c1C(=O)OC)CCC2. The van der Waals surface area contributed by atoms with Crippen LogP contribution in [0, 0.1) is 0 Å². The van der Waals surface area contributed by atoms with E-state index in [-0.39, 0.29) is 11.7 Å². The van der Waals surface area contributed by atoms with Crippen LogP contribution in [0.2, 0.25) is 0 Å². The molecule has 0 aromatic carbocycles. The largest absolute Gasteiger partial charge is 0.465 e. The third-order valence-electron chi connectivity index (χ3n) is 3.80. The van der Waals surface area contributed by atoms with Gasteiger partial charge in [0.25, 0.3) is 0 Å². The number of nitrogens with zero attached hydrogens (tertiary/aromatic N) is 3. The minimum atomic E-state index is -0.395. The number of aryl methyl sites for hydroxylation is 1. The average molecular weight is 378 g/mol. The van der Waals surface area contributed by atoms with Gasteiger partial charge >= 0.3 is 5.97 Å². The number of allylic oxidation sites excluding steroid dienone is 1. The van der Waals surface area contributed by atoms with Crippen LogP contribution in [0.1, 0.15) is 27.2 Å². The quantitative estimate of drug-likeness (QED) is 0.453. The summed E-state index contributed by atoms with van der Waals surface area (Å²) in [7, 11) is 1.36. The molecule has 9 heteroatoms. The normalized spacial score (nSPS) is 12.7. The highest BCUT2D eigenvalue weighted by molar-refractivity contribution is 7.99. The van der Waals surface area contributed by atoms with Gasteiger partial charge in [-0.3, -0.25) is 4.79 Å². The van der Waals surface area contributed by atoms with Crippen LogP contribution in [0.25, 0.3) is 0 Å². The second kappa shape index (κ2) is 7.83. The fourth-order valence-corrected chi connectivity index (χ4v) is 4.74. The maximum absolute atomic E-state index is 12.3. The van der Waals surface area contributed by atoms with E-state index >= 15 is 0 Å². The van der Waals surface area contributed by atoms with Crippen molar-refractivity contribution < 1.29 is 14.3 Å². The molecule has 7 nitrogen and oxygen atoms in total. The molecule has 0 aliphatic heterocycles. The number of methoxy groups -OCH3 is 1. The average Bonchev–Trinajstić information content (AvgIpc) is 3.29. The number of nitrogens with one attached hydrogen (secondary N) is 1. The fraction of sp³-hybridized carbons (Fsp3) is 0.375. The molecular weight excluding hydrogens is 360 g/mol. The van der Waals surface area contributed by atoms with Gasteiger partial charge in [-0.15, -0.1) is 28.1 Å². The van der Waals surface area contributed by atoms with E-state index in [2.05, 4.69) is 22.1 Å². The molecule has 132 valence electrons. The first-order valence-corrected chi connectivity index (χ1v) is 9.58. The van der Waals surface area contributed by atoms with E-state index in [1.165, 1.54) is 30.2 Å². The van der Waals surface area contributed by atoms with E-state index in [4.69, 9.17) is 4.74 Å². The molecule has 2 heterocycles. The van der Waals surface area contributed by atoms with Gasteiger partial charge in [0.05, 0.1) is 18.4 Å². The summed E-state index contributed by atoms with van der Waals surface area (Å²) >= 11 is 2.76. The monoisotopic (exact) mass is 378 g/mol. The summed E-state index contributed by atoms with van der Waals surface area (Å²) in [5.41, 5.74) is 1.53. The summed E-state index contributed by atoms with van der Waals surface area (Å²) < 4.78 is 6.69. The summed E-state index contributed by atoms with van der Waals surface area (Å²) in [6, 6.07) is 0. The van der Waals surface area contributed by atoms with Crippen LogP contribution in [0.5, 0.6) is 0 Å². The molecule has 1 aliphatic rings. The Balaban J connectivity index is 1.68. The van der Waals surface area contributed by atoms with Gasteiger partial charge in [0.15, 0.2) is 5.16 Å². The molecule has 0 spiro atoms. The van der Waals surface area contributed by atoms with Crippen LogP contribution >= 0.6 is 23.1 Å². The van der Waals surface area contributed by atoms with E-state index in [0.29, 0.717) is 22.3 Å². The molecule has 0 unspecified atom stereocenters. The lowest BCUT2D eigenvalue weighted by atomic mass is 10.1. The van der Waals surface area contributed by atoms with E-state index in [1.54, 1.807) is 12.4 Å². The highest BCUT2D eigenvalue weighted by atomic mass is 32.2. The Labute approximate surface area is 153 Å². The van der Waals surface area contributed by atoms with E-state index in [0.717, 1.165) is 29.7 Å². The highest BCUT2D eigenvalue weighted by Crippen LogP contribution is 2.39. The van der Waals surface area contributed by atoms with Gasteiger partial charge in [-0.1, -0.05) is 17.8 Å². The van der Waals surface area contributed by atoms with E-state index < -0.39 is 5.97 Å². The number of anilines is 1. The number of hydrogen-bond donors (Lipinski definition) is 1. The molecule has 2 aromatic heterocycles. The van der Waals surface area contributed by atoms with Crippen molar-refractivity contribution in [3.8, 4) is 0 Å². The summed E-state index contributed by atoms with van der Waals surface area (Å²) in [5.74, 6) is -0.407. The smallest absolute Gasteiger partial charge is 0.341 e. The molecule has 0 bridgehead atoms. The number of esters is 1. The third kappa shape index (κ3) is 3.77. The maximum atomic E-state index is 12.3. The number of carbonyl (C=O) groups excluding carboxylic acids is 2. The second-order valence-electron chi connectivity index (χ2n) is 5.44. The van der Waals surface area contributed by atoms with Crippen LogP contribution in [0.4, 0.5) is 5.00 Å². The topological polar surface area (TPSA) is 86.1 Å². The molecule has 0 saturated carbocycles. The number of amides is 1. The van der Waals surface area contributed by atoms with Gasteiger partial charge < -0.3 is 14.6 Å². The van der Waals surface area contributed by atoms with E-state index in [9.17, 15) is 9.59 Å². The van der Waals surface area contributed by atoms with Gasteiger partial charge in [0.2, 0.25) is 5.91 Å². The van der Waals surface area contributed by atoms with Gasteiger partial charge in [-0.05, 0) is 24.8 Å². The Morgan fingerprint density at radius 2 is 2.36 bits per heavy atom. The lowest BCUT2D eigenvalue weighted by molar-refractivity contribution is -0.113. The molecule has 0 saturated heterocycles. The van der Waals surface area contributed by atoms with Crippen molar-refractivity contribution in [2.75, 3.05) is 18.2 Å². The molecule has 25 heavy (non-hydrogen) atoms. The number of aromatic nitrogens is 3. The number of carbonyl (C=O) groups is 2. The first-order chi connectivity index (χ1) is 12.1. The van der Waals surface area contributed by atoms with Crippen molar-refractivity contribution in [3.63, 3.8) is 0 Å². The molecular formula is C16H18N4O3S2. The Bertz CT molecular complexity index is 812. The van der Waals surface area contributed by atoms with Gasteiger partial charge in [-0.2, -0.15) is 0 Å². The molecule has 1 amide bonds. The fourth-order valence-electron chi connectivity index (χ4n) is 2.72. The molecule has 0 fully saturated rings. The number of rotatable bonds is 7. The second-order valence-corrected chi connectivity index (χ2v) is 7.49.